The predicted octanol–water partition coefficient (Wildman–Crippen LogP) is 0.912. The van der Waals surface area contributed by atoms with Gasteiger partial charge in [0.15, 0.2) is 0 Å². The summed E-state index contributed by atoms with van der Waals surface area (Å²) in [6, 6.07) is 5.94. The summed E-state index contributed by atoms with van der Waals surface area (Å²) in [5.74, 6) is 0.0254. The van der Waals surface area contributed by atoms with Gasteiger partial charge in [0.25, 0.3) is 5.91 Å². The second-order valence-corrected chi connectivity index (χ2v) is 7.60. The molecular weight excluding hydrogens is 302 g/mol. The number of amides is 1. The molecule has 0 radical (unpaired) electrons. The van der Waals surface area contributed by atoms with Gasteiger partial charge in [-0.25, -0.2) is 13.1 Å². The number of hydrogen-bond donors (Lipinski definition) is 2. The number of sulfonamides is 1. The lowest BCUT2D eigenvalue weighted by molar-refractivity contribution is 0.0951. The summed E-state index contributed by atoms with van der Waals surface area (Å²) in [6.45, 7) is 5.54. The van der Waals surface area contributed by atoms with E-state index >= 15 is 0 Å². The average Bonchev–Trinajstić information content (AvgIpc) is 2.45. The molecule has 0 atom stereocenters. The number of likely N-dealkylation sites (N-methyl/N-ethyl adjacent to an activating group) is 1. The molecule has 0 saturated heterocycles. The van der Waals surface area contributed by atoms with E-state index in [0.717, 1.165) is 6.54 Å². The molecule has 0 bridgehead atoms. The Labute approximate surface area is 132 Å². The molecule has 2 N–H and O–H groups in total. The maximum Gasteiger partial charge on any atom is 0.251 e. The molecule has 0 unspecified atom stereocenters. The van der Waals surface area contributed by atoms with E-state index in [4.69, 9.17) is 0 Å². The van der Waals surface area contributed by atoms with Gasteiger partial charge >= 0.3 is 0 Å². The lowest BCUT2D eigenvalue weighted by atomic mass is 10.2. The molecule has 0 heterocycles. The summed E-state index contributed by atoms with van der Waals surface area (Å²) in [5.41, 5.74) is 0.446. The Morgan fingerprint density at radius 3 is 2.27 bits per heavy atom. The Kier molecular flexibility index (Phi) is 6.99. The standard InChI is InChI=1S/C15H25N3O3S/c1-12(2)11-17-22(20,21)14-7-5-13(6-8-14)15(19)16-9-10-18(3)4/h5-8,12,17H,9-11H2,1-4H3,(H,16,19). The van der Waals surface area contributed by atoms with Crippen LogP contribution in [-0.4, -0.2) is 53.0 Å². The van der Waals surface area contributed by atoms with Crippen molar-refractivity contribution in [1.29, 1.82) is 0 Å². The first-order chi connectivity index (χ1) is 10.2. The van der Waals surface area contributed by atoms with Crippen molar-refractivity contribution in [2.24, 2.45) is 5.92 Å². The van der Waals surface area contributed by atoms with Crippen LogP contribution >= 0.6 is 0 Å². The third-order valence-electron chi connectivity index (χ3n) is 2.95. The van der Waals surface area contributed by atoms with E-state index < -0.39 is 10.0 Å². The molecule has 0 aliphatic carbocycles. The zero-order valence-electron chi connectivity index (χ0n) is 13.6. The second kappa shape index (κ2) is 8.26. The van der Waals surface area contributed by atoms with E-state index in [-0.39, 0.29) is 16.7 Å². The van der Waals surface area contributed by atoms with Crippen molar-refractivity contribution in [2.45, 2.75) is 18.7 Å². The van der Waals surface area contributed by atoms with Gasteiger partial charge in [-0.3, -0.25) is 4.79 Å². The van der Waals surface area contributed by atoms with Crippen LogP contribution in [0.2, 0.25) is 0 Å². The molecule has 0 fully saturated rings. The quantitative estimate of drug-likeness (QED) is 0.744. The summed E-state index contributed by atoms with van der Waals surface area (Å²) >= 11 is 0. The number of carbonyl (C=O) groups excluding carboxylic acids is 1. The lowest BCUT2D eigenvalue weighted by Crippen LogP contribution is -2.31. The molecule has 0 aliphatic heterocycles. The van der Waals surface area contributed by atoms with Gasteiger partial charge in [0.05, 0.1) is 4.90 Å². The molecule has 22 heavy (non-hydrogen) atoms. The van der Waals surface area contributed by atoms with Crippen molar-refractivity contribution in [3.05, 3.63) is 29.8 Å². The van der Waals surface area contributed by atoms with Crippen molar-refractivity contribution in [1.82, 2.24) is 14.9 Å². The number of rotatable bonds is 8. The van der Waals surface area contributed by atoms with Gasteiger partial charge in [0.2, 0.25) is 10.0 Å². The Morgan fingerprint density at radius 2 is 1.77 bits per heavy atom. The number of nitrogens with one attached hydrogen (secondary N) is 2. The van der Waals surface area contributed by atoms with E-state index in [1.165, 1.54) is 24.3 Å². The molecular formula is C15H25N3O3S. The molecule has 0 spiro atoms. The molecule has 1 rings (SSSR count). The van der Waals surface area contributed by atoms with E-state index in [0.29, 0.717) is 18.7 Å². The monoisotopic (exact) mass is 327 g/mol. The minimum atomic E-state index is -3.51. The van der Waals surface area contributed by atoms with Gasteiger partial charge in [-0.15, -0.1) is 0 Å². The normalized spacial score (nSPS) is 11.9. The summed E-state index contributed by atoms with van der Waals surface area (Å²) in [4.78, 5) is 14.0. The maximum atomic E-state index is 12.0. The molecule has 0 aliphatic rings. The summed E-state index contributed by atoms with van der Waals surface area (Å²) in [5, 5.41) is 2.78. The largest absolute Gasteiger partial charge is 0.351 e. The Balaban J connectivity index is 2.68. The van der Waals surface area contributed by atoms with Gasteiger partial charge in [-0.2, -0.15) is 0 Å². The van der Waals surface area contributed by atoms with Crippen molar-refractivity contribution in [3.63, 3.8) is 0 Å². The molecule has 124 valence electrons. The molecule has 1 amide bonds. The van der Waals surface area contributed by atoms with Crippen LogP contribution in [0.25, 0.3) is 0 Å². The predicted molar refractivity (Wildman–Crippen MR) is 87.4 cm³/mol. The van der Waals surface area contributed by atoms with Crippen LogP contribution in [0.4, 0.5) is 0 Å². The fourth-order valence-corrected chi connectivity index (χ4v) is 2.85. The summed E-state index contributed by atoms with van der Waals surface area (Å²) in [6.07, 6.45) is 0. The molecule has 1 aromatic rings. The van der Waals surface area contributed by atoms with Crippen molar-refractivity contribution in [3.8, 4) is 0 Å². The lowest BCUT2D eigenvalue weighted by Gasteiger charge is -2.11. The van der Waals surface area contributed by atoms with Crippen molar-refractivity contribution in [2.75, 3.05) is 33.7 Å². The number of hydrogen-bond acceptors (Lipinski definition) is 4. The van der Waals surface area contributed by atoms with Crippen LogP contribution in [0.15, 0.2) is 29.2 Å². The Bertz CT molecular complexity index is 581. The number of nitrogens with zero attached hydrogens (tertiary/aromatic N) is 1. The van der Waals surface area contributed by atoms with E-state index in [1.54, 1.807) is 0 Å². The van der Waals surface area contributed by atoms with Gasteiger partial charge in [-0.1, -0.05) is 13.8 Å². The third-order valence-corrected chi connectivity index (χ3v) is 4.39. The highest BCUT2D eigenvalue weighted by atomic mass is 32.2. The molecule has 0 saturated carbocycles. The van der Waals surface area contributed by atoms with Gasteiger partial charge < -0.3 is 10.2 Å². The highest BCUT2D eigenvalue weighted by molar-refractivity contribution is 7.89. The van der Waals surface area contributed by atoms with Gasteiger partial charge in [-0.05, 0) is 44.3 Å². The highest BCUT2D eigenvalue weighted by Gasteiger charge is 2.15. The van der Waals surface area contributed by atoms with Crippen LogP contribution in [0, 0.1) is 5.92 Å². The fraction of sp³-hybridized carbons (Fsp3) is 0.533. The summed E-state index contributed by atoms with van der Waals surface area (Å²) in [7, 11) is 0.339. The van der Waals surface area contributed by atoms with Crippen molar-refractivity contribution < 1.29 is 13.2 Å². The van der Waals surface area contributed by atoms with Crippen LogP contribution < -0.4 is 10.0 Å². The van der Waals surface area contributed by atoms with Gasteiger partial charge in [0, 0.05) is 25.2 Å². The first-order valence-electron chi connectivity index (χ1n) is 7.25. The molecule has 1 aromatic carbocycles. The minimum Gasteiger partial charge on any atom is -0.351 e. The van der Waals surface area contributed by atoms with Crippen LogP contribution in [0.5, 0.6) is 0 Å². The SMILES string of the molecule is CC(C)CNS(=O)(=O)c1ccc(C(=O)NCCN(C)C)cc1. The second-order valence-electron chi connectivity index (χ2n) is 5.83. The van der Waals surface area contributed by atoms with Crippen molar-refractivity contribution >= 4 is 15.9 Å². The van der Waals surface area contributed by atoms with Crippen LogP contribution in [-0.2, 0) is 10.0 Å². The molecule has 6 nitrogen and oxygen atoms in total. The zero-order valence-corrected chi connectivity index (χ0v) is 14.4. The number of benzene rings is 1. The highest BCUT2D eigenvalue weighted by Crippen LogP contribution is 2.11. The summed E-state index contributed by atoms with van der Waals surface area (Å²) < 4.78 is 26.6. The van der Waals surface area contributed by atoms with Crippen LogP contribution in [0.1, 0.15) is 24.2 Å². The maximum absolute atomic E-state index is 12.0. The van der Waals surface area contributed by atoms with Crippen LogP contribution in [0.3, 0.4) is 0 Å². The Hall–Kier alpha value is -1.44. The first-order valence-corrected chi connectivity index (χ1v) is 8.73. The topological polar surface area (TPSA) is 78.5 Å². The van der Waals surface area contributed by atoms with Gasteiger partial charge in [0.1, 0.15) is 0 Å². The van der Waals surface area contributed by atoms with E-state index in [2.05, 4.69) is 10.0 Å². The van der Waals surface area contributed by atoms with E-state index in [9.17, 15) is 13.2 Å². The third kappa shape index (κ3) is 6.13. The number of carbonyl (C=O) groups is 1. The first kappa shape index (κ1) is 18.6. The smallest absolute Gasteiger partial charge is 0.251 e. The fourth-order valence-electron chi connectivity index (χ4n) is 1.64. The average molecular weight is 327 g/mol. The molecule has 7 heteroatoms. The molecule has 0 aromatic heterocycles. The Morgan fingerprint density at radius 1 is 1.18 bits per heavy atom. The van der Waals surface area contributed by atoms with E-state index in [1.807, 2.05) is 32.8 Å². The minimum absolute atomic E-state index is 0.165. The zero-order chi connectivity index (χ0) is 16.8.